The summed E-state index contributed by atoms with van der Waals surface area (Å²) in [5.41, 5.74) is 3.98. The highest BCUT2D eigenvalue weighted by Gasteiger charge is 2.11. The molecule has 0 saturated heterocycles. The Morgan fingerprint density at radius 3 is 1.32 bits per heavy atom. The zero-order valence-electron chi connectivity index (χ0n) is 20.4. The van der Waals surface area contributed by atoms with Crippen LogP contribution < -0.4 is 10.6 Å². The molecule has 0 bridgehead atoms. The van der Waals surface area contributed by atoms with Crippen LogP contribution in [0.25, 0.3) is 32.9 Å². The van der Waals surface area contributed by atoms with Crippen LogP contribution in [0.2, 0.25) is 0 Å². The summed E-state index contributed by atoms with van der Waals surface area (Å²) in [6.45, 7) is 0. The Hall–Kier alpha value is -5.36. The number of rotatable bonds is 5. The molecule has 182 valence electrons. The third-order valence-corrected chi connectivity index (χ3v) is 6.37. The van der Waals surface area contributed by atoms with Gasteiger partial charge < -0.3 is 10.6 Å². The molecule has 2 aromatic heterocycles. The van der Waals surface area contributed by atoms with Crippen LogP contribution in [0.1, 0.15) is 11.4 Å². The normalized spacial score (nSPS) is 10.8. The summed E-state index contributed by atoms with van der Waals surface area (Å²) in [4.78, 5) is 9.41. The lowest BCUT2D eigenvalue weighted by molar-refractivity contribution is 1.20. The predicted octanol–water partition coefficient (Wildman–Crippen LogP) is 7.32. The average Bonchev–Trinajstić information content (AvgIpc) is 2.98. The van der Waals surface area contributed by atoms with Crippen LogP contribution in [0.3, 0.4) is 0 Å². The lowest BCUT2D eigenvalue weighted by atomic mass is 10.1. The molecule has 4 N–H and O–H groups in total. The molecule has 0 radical (unpaired) electrons. The van der Waals surface area contributed by atoms with Crippen molar-refractivity contribution in [2.75, 3.05) is 10.6 Å². The van der Waals surface area contributed by atoms with E-state index in [0.717, 1.165) is 32.9 Å². The summed E-state index contributed by atoms with van der Waals surface area (Å²) >= 11 is 0. The van der Waals surface area contributed by atoms with Gasteiger partial charge in [0.2, 0.25) is 0 Å². The van der Waals surface area contributed by atoms with Gasteiger partial charge in [-0.25, -0.2) is 9.97 Å². The highest BCUT2D eigenvalue weighted by atomic mass is 15.0. The van der Waals surface area contributed by atoms with E-state index in [1.165, 1.54) is 0 Å². The van der Waals surface area contributed by atoms with Gasteiger partial charge in [0.25, 0.3) is 0 Å². The molecule has 0 atom stereocenters. The van der Waals surface area contributed by atoms with Crippen LogP contribution in [0.4, 0.5) is 11.4 Å². The third-order valence-electron chi connectivity index (χ3n) is 6.37. The van der Waals surface area contributed by atoms with Crippen molar-refractivity contribution in [2.45, 2.75) is 0 Å². The van der Waals surface area contributed by atoms with E-state index < -0.39 is 0 Å². The van der Waals surface area contributed by atoms with E-state index in [2.05, 4.69) is 10.6 Å². The Bertz CT molecular complexity index is 1680. The van der Waals surface area contributed by atoms with E-state index in [1.54, 1.807) is 12.1 Å². The van der Waals surface area contributed by atoms with E-state index in [-0.39, 0.29) is 11.7 Å². The Labute approximate surface area is 220 Å². The summed E-state index contributed by atoms with van der Waals surface area (Å²) < 4.78 is 0. The molecule has 0 aliphatic heterocycles. The molecular weight excluding hydrogens is 468 g/mol. The number of anilines is 2. The second-order valence-corrected chi connectivity index (χ2v) is 8.87. The van der Waals surface area contributed by atoms with E-state index in [0.29, 0.717) is 22.8 Å². The number of amidine groups is 2. The maximum absolute atomic E-state index is 8.66. The fourth-order valence-corrected chi connectivity index (χ4v) is 4.50. The lowest BCUT2D eigenvalue weighted by Crippen LogP contribution is -2.15. The van der Waals surface area contributed by atoms with E-state index in [4.69, 9.17) is 20.8 Å². The fraction of sp³-hybridized carbons (Fsp3) is 0. The lowest BCUT2D eigenvalue weighted by Gasteiger charge is -2.12. The number of benzene rings is 4. The molecule has 0 spiro atoms. The topological polar surface area (TPSA) is 97.5 Å². The van der Waals surface area contributed by atoms with Crippen molar-refractivity contribution in [3.05, 3.63) is 133 Å². The van der Waals surface area contributed by atoms with Crippen molar-refractivity contribution < 1.29 is 0 Å². The van der Waals surface area contributed by atoms with Crippen molar-refractivity contribution in [2.24, 2.45) is 0 Å². The minimum Gasteiger partial charge on any atom is -0.338 e. The molecule has 38 heavy (non-hydrogen) atoms. The molecule has 0 amide bonds. The van der Waals surface area contributed by atoms with Gasteiger partial charge in [0.1, 0.15) is 23.1 Å². The molecule has 0 unspecified atom stereocenters. The van der Waals surface area contributed by atoms with Gasteiger partial charge in [0, 0.05) is 22.1 Å². The zero-order chi connectivity index (χ0) is 25.9. The first-order chi connectivity index (χ1) is 18.7. The van der Waals surface area contributed by atoms with Crippen molar-refractivity contribution in [3.8, 4) is 11.4 Å². The maximum atomic E-state index is 8.66. The van der Waals surface area contributed by atoms with Crippen molar-refractivity contribution in [1.82, 2.24) is 9.97 Å². The molecule has 0 aliphatic carbocycles. The number of aromatic nitrogens is 2. The molecule has 6 aromatic rings. The molecule has 4 aromatic carbocycles. The highest BCUT2D eigenvalue weighted by Crippen LogP contribution is 2.25. The summed E-state index contributed by atoms with van der Waals surface area (Å²) in [5, 5.41) is 28.0. The van der Waals surface area contributed by atoms with Gasteiger partial charge in [-0.1, -0.05) is 84.9 Å². The molecule has 0 fully saturated rings. The van der Waals surface area contributed by atoms with E-state index in [9.17, 15) is 0 Å². The molecule has 0 saturated carbocycles. The number of pyridine rings is 2. The predicted molar refractivity (Wildman–Crippen MR) is 156 cm³/mol. The van der Waals surface area contributed by atoms with Crippen LogP contribution in [0, 0.1) is 10.8 Å². The third kappa shape index (κ3) is 4.58. The van der Waals surface area contributed by atoms with Gasteiger partial charge in [0.05, 0.1) is 11.4 Å². The quantitative estimate of drug-likeness (QED) is 0.150. The van der Waals surface area contributed by atoms with Gasteiger partial charge in [-0.15, -0.1) is 0 Å². The first kappa shape index (κ1) is 23.1. The van der Waals surface area contributed by atoms with E-state index >= 15 is 0 Å². The maximum Gasteiger partial charge on any atom is 0.148 e. The standard InChI is InChI=1S/C32H24N6/c33-31(37-25-15-5-11-21-9-1-3-13-23(21)25)29-19-7-17-27(35-29)28-18-8-20-30(36-28)32(34)38-26-16-6-12-22-10-2-4-14-24(22)26/h1-20H,(H2,33,37)(H2,34,38). The van der Waals surface area contributed by atoms with Crippen LogP contribution in [0.5, 0.6) is 0 Å². The highest BCUT2D eigenvalue weighted by molar-refractivity contribution is 6.10. The molecule has 0 aliphatic rings. The van der Waals surface area contributed by atoms with Crippen molar-refractivity contribution in [1.29, 1.82) is 10.8 Å². The van der Waals surface area contributed by atoms with Gasteiger partial charge in [0.15, 0.2) is 0 Å². The Morgan fingerprint density at radius 1 is 0.447 bits per heavy atom. The van der Waals surface area contributed by atoms with Crippen molar-refractivity contribution in [3.63, 3.8) is 0 Å². The van der Waals surface area contributed by atoms with Gasteiger partial charge in [-0.05, 0) is 47.2 Å². The number of nitrogens with zero attached hydrogens (tertiary/aromatic N) is 2. The molecule has 6 nitrogen and oxygen atoms in total. The first-order valence-corrected chi connectivity index (χ1v) is 12.3. The first-order valence-electron chi connectivity index (χ1n) is 12.3. The smallest absolute Gasteiger partial charge is 0.148 e. The Balaban J connectivity index is 1.25. The molecule has 2 heterocycles. The number of hydrogen-bond acceptors (Lipinski definition) is 4. The summed E-state index contributed by atoms with van der Waals surface area (Å²) in [7, 11) is 0. The van der Waals surface area contributed by atoms with Gasteiger partial charge in [-0.2, -0.15) is 0 Å². The minimum atomic E-state index is 0.199. The molecular formula is C32H24N6. The minimum absolute atomic E-state index is 0.199. The van der Waals surface area contributed by atoms with Crippen LogP contribution >= 0.6 is 0 Å². The van der Waals surface area contributed by atoms with Gasteiger partial charge in [-0.3, -0.25) is 10.8 Å². The second kappa shape index (κ2) is 9.95. The summed E-state index contributed by atoms with van der Waals surface area (Å²) in [5.74, 6) is 0.398. The molecule has 6 heteroatoms. The number of hydrogen-bond donors (Lipinski definition) is 4. The van der Waals surface area contributed by atoms with E-state index in [1.807, 2.05) is 109 Å². The molecule has 6 rings (SSSR count). The zero-order valence-corrected chi connectivity index (χ0v) is 20.4. The second-order valence-electron chi connectivity index (χ2n) is 8.87. The summed E-state index contributed by atoms with van der Waals surface area (Å²) in [6, 6.07) is 39.2. The number of fused-ring (bicyclic) bond motifs is 2. The fourth-order valence-electron chi connectivity index (χ4n) is 4.50. The van der Waals surface area contributed by atoms with Crippen LogP contribution in [-0.4, -0.2) is 21.6 Å². The van der Waals surface area contributed by atoms with Crippen molar-refractivity contribution >= 4 is 44.6 Å². The van der Waals surface area contributed by atoms with Gasteiger partial charge >= 0.3 is 0 Å². The Kier molecular flexibility index (Phi) is 6.04. The Morgan fingerprint density at radius 2 is 0.842 bits per heavy atom. The van der Waals surface area contributed by atoms with Crippen LogP contribution in [0.15, 0.2) is 121 Å². The monoisotopic (exact) mass is 492 g/mol. The largest absolute Gasteiger partial charge is 0.338 e. The van der Waals surface area contributed by atoms with Crippen LogP contribution in [-0.2, 0) is 0 Å². The SMILES string of the molecule is N=C(Nc1cccc2ccccc12)c1cccc(-c2cccc(C(=N)Nc3cccc4ccccc34)n2)n1. The number of nitrogens with one attached hydrogen (secondary N) is 4. The average molecular weight is 493 g/mol. The summed E-state index contributed by atoms with van der Waals surface area (Å²) in [6.07, 6.45) is 0.